The average Bonchev–Trinajstić information content (AvgIpc) is 2.48. The summed E-state index contributed by atoms with van der Waals surface area (Å²) in [7, 11) is 1.64. The van der Waals surface area contributed by atoms with E-state index in [2.05, 4.69) is 5.32 Å². The highest BCUT2D eigenvalue weighted by Crippen LogP contribution is 2.16. The maximum absolute atomic E-state index is 12.2. The number of amides is 1. The molecule has 0 saturated carbocycles. The largest absolute Gasteiger partial charge is 0.491 e. The Hall–Kier alpha value is -2.33. The van der Waals surface area contributed by atoms with E-state index >= 15 is 0 Å². The lowest BCUT2D eigenvalue weighted by Crippen LogP contribution is -2.12. The molecule has 1 N–H and O–H groups in total. The van der Waals surface area contributed by atoms with Gasteiger partial charge in [0.1, 0.15) is 5.75 Å². The quantitative estimate of drug-likeness (QED) is 0.880. The van der Waals surface area contributed by atoms with Crippen LogP contribution in [-0.4, -0.2) is 19.1 Å². The summed E-state index contributed by atoms with van der Waals surface area (Å²) in [5, 5.41) is 2.88. The van der Waals surface area contributed by atoms with Gasteiger partial charge in [-0.25, -0.2) is 0 Å². The minimum atomic E-state index is -0.148. The predicted molar refractivity (Wildman–Crippen MR) is 87.3 cm³/mol. The molecule has 0 aliphatic rings. The monoisotopic (exact) mass is 299 g/mol. The van der Waals surface area contributed by atoms with Gasteiger partial charge in [-0.15, -0.1) is 0 Å². The second-order valence-electron chi connectivity index (χ2n) is 5.28. The van der Waals surface area contributed by atoms with Crippen LogP contribution in [0.25, 0.3) is 0 Å². The van der Waals surface area contributed by atoms with Gasteiger partial charge in [0.15, 0.2) is 0 Å². The van der Waals surface area contributed by atoms with E-state index in [0.29, 0.717) is 12.2 Å². The van der Waals surface area contributed by atoms with Crippen molar-refractivity contribution in [3.63, 3.8) is 0 Å². The Kier molecular flexibility index (Phi) is 5.55. The van der Waals surface area contributed by atoms with Crippen LogP contribution in [0.1, 0.15) is 29.8 Å². The number of rotatable bonds is 6. The topological polar surface area (TPSA) is 47.6 Å². The smallest absolute Gasteiger partial charge is 0.255 e. The molecule has 2 rings (SSSR count). The number of methoxy groups -OCH3 is 1. The Labute approximate surface area is 131 Å². The van der Waals surface area contributed by atoms with E-state index in [9.17, 15) is 4.79 Å². The van der Waals surface area contributed by atoms with Crippen LogP contribution in [0.5, 0.6) is 5.75 Å². The van der Waals surface area contributed by atoms with Gasteiger partial charge in [-0.05, 0) is 55.8 Å². The molecular weight excluding hydrogens is 278 g/mol. The lowest BCUT2D eigenvalue weighted by Gasteiger charge is -2.10. The third kappa shape index (κ3) is 4.60. The van der Waals surface area contributed by atoms with Gasteiger partial charge in [-0.3, -0.25) is 4.79 Å². The number of benzene rings is 2. The van der Waals surface area contributed by atoms with Gasteiger partial charge >= 0.3 is 0 Å². The number of anilines is 1. The first-order valence-corrected chi connectivity index (χ1v) is 7.24. The summed E-state index contributed by atoms with van der Waals surface area (Å²) in [6, 6.07) is 14.7. The second kappa shape index (κ2) is 7.61. The summed E-state index contributed by atoms with van der Waals surface area (Å²) >= 11 is 0. The Morgan fingerprint density at radius 1 is 1.14 bits per heavy atom. The van der Waals surface area contributed by atoms with Crippen LogP contribution in [-0.2, 0) is 11.3 Å². The zero-order chi connectivity index (χ0) is 15.9. The highest BCUT2D eigenvalue weighted by atomic mass is 16.5. The van der Waals surface area contributed by atoms with E-state index in [4.69, 9.17) is 9.47 Å². The molecule has 22 heavy (non-hydrogen) atoms. The van der Waals surface area contributed by atoms with Crippen LogP contribution in [0, 0.1) is 0 Å². The number of ether oxygens (including phenoxy) is 2. The highest BCUT2D eigenvalue weighted by molar-refractivity contribution is 6.04. The Balaban J connectivity index is 2.04. The van der Waals surface area contributed by atoms with Gasteiger partial charge in [0.25, 0.3) is 5.91 Å². The molecular formula is C18H21NO3. The second-order valence-corrected chi connectivity index (χ2v) is 5.28. The van der Waals surface area contributed by atoms with E-state index in [-0.39, 0.29) is 12.0 Å². The summed E-state index contributed by atoms with van der Waals surface area (Å²) in [6.45, 7) is 4.45. The van der Waals surface area contributed by atoms with Gasteiger partial charge < -0.3 is 14.8 Å². The summed E-state index contributed by atoms with van der Waals surface area (Å²) < 4.78 is 10.7. The molecule has 1 amide bonds. The lowest BCUT2D eigenvalue weighted by atomic mass is 10.1. The van der Waals surface area contributed by atoms with Crippen LogP contribution in [0.15, 0.2) is 48.5 Å². The summed E-state index contributed by atoms with van der Waals surface area (Å²) in [4.78, 5) is 12.2. The third-order valence-electron chi connectivity index (χ3n) is 2.98. The molecule has 0 aliphatic carbocycles. The minimum Gasteiger partial charge on any atom is -0.491 e. The highest BCUT2D eigenvalue weighted by Gasteiger charge is 2.07. The van der Waals surface area contributed by atoms with Crippen molar-refractivity contribution in [3.05, 3.63) is 59.7 Å². The summed E-state index contributed by atoms with van der Waals surface area (Å²) in [6.07, 6.45) is 0.114. The van der Waals surface area contributed by atoms with Gasteiger partial charge in [0, 0.05) is 18.4 Å². The van der Waals surface area contributed by atoms with Crippen molar-refractivity contribution >= 4 is 11.6 Å². The van der Waals surface area contributed by atoms with E-state index in [0.717, 1.165) is 17.0 Å². The Bertz CT molecular complexity index is 620. The molecule has 116 valence electrons. The molecule has 0 heterocycles. The fraction of sp³-hybridized carbons (Fsp3) is 0.278. The average molecular weight is 299 g/mol. The molecule has 0 bridgehead atoms. The molecule has 2 aromatic rings. The number of hydrogen-bond donors (Lipinski definition) is 1. The van der Waals surface area contributed by atoms with Gasteiger partial charge in [-0.2, -0.15) is 0 Å². The number of nitrogens with one attached hydrogen (secondary N) is 1. The third-order valence-corrected chi connectivity index (χ3v) is 2.98. The molecule has 0 saturated heterocycles. The van der Waals surface area contributed by atoms with Crippen molar-refractivity contribution in [1.29, 1.82) is 0 Å². The fourth-order valence-corrected chi connectivity index (χ4v) is 2.07. The van der Waals surface area contributed by atoms with Crippen LogP contribution in [0.2, 0.25) is 0 Å². The van der Waals surface area contributed by atoms with Crippen molar-refractivity contribution in [2.75, 3.05) is 12.4 Å². The van der Waals surface area contributed by atoms with Crippen molar-refractivity contribution < 1.29 is 14.3 Å². The van der Waals surface area contributed by atoms with Crippen LogP contribution >= 0.6 is 0 Å². The van der Waals surface area contributed by atoms with Gasteiger partial charge in [0.2, 0.25) is 0 Å². The molecule has 2 aromatic carbocycles. The van der Waals surface area contributed by atoms with E-state index < -0.39 is 0 Å². The fourth-order valence-electron chi connectivity index (χ4n) is 2.07. The maximum Gasteiger partial charge on any atom is 0.255 e. The number of hydrogen-bond acceptors (Lipinski definition) is 3. The first-order valence-electron chi connectivity index (χ1n) is 7.24. The maximum atomic E-state index is 12.2. The first kappa shape index (κ1) is 16.0. The minimum absolute atomic E-state index is 0.114. The zero-order valence-corrected chi connectivity index (χ0v) is 13.1. The molecule has 4 heteroatoms. The van der Waals surface area contributed by atoms with Gasteiger partial charge in [-0.1, -0.05) is 12.1 Å². The normalized spacial score (nSPS) is 10.5. The van der Waals surface area contributed by atoms with E-state index in [1.807, 2.05) is 38.1 Å². The number of carbonyl (C=O) groups is 1. The van der Waals surface area contributed by atoms with E-state index in [1.54, 1.807) is 31.4 Å². The Morgan fingerprint density at radius 2 is 1.86 bits per heavy atom. The van der Waals surface area contributed by atoms with Crippen molar-refractivity contribution in [2.45, 2.75) is 26.6 Å². The SMILES string of the molecule is COCc1cccc(NC(=O)c2ccc(OC(C)C)cc2)c1. The molecule has 0 unspecified atom stereocenters. The van der Waals surface area contributed by atoms with Crippen molar-refractivity contribution in [2.24, 2.45) is 0 Å². The Morgan fingerprint density at radius 3 is 2.50 bits per heavy atom. The molecule has 0 atom stereocenters. The predicted octanol–water partition coefficient (Wildman–Crippen LogP) is 3.87. The summed E-state index contributed by atoms with van der Waals surface area (Å²) in [5.74, 6) is 0.610. The first-order chi connectivity index (χ1) is 10.6. The molecule has 0 aliphatic heterocycles. The van der Waals surface area contributed by atoms with Crippen molar-refractivity contribution in [1.82, 2.24) is 0 Å². The molecule has 0 aromatic heterocycles. The number of carbonyl (C=O) groups excluding carboxylic acids is 1. The van der Waals surface area contributed by atoms with Crippen LogP contribution in [0.4, 0.5) is 5.69 Å². The van der Waals surface area contributed by atoms with E-state index in [1.165, 1.54) is 0 Å². The van der Waals surface area contributed by atoms with Crippen LogP contribution < -0.4 is 10.1 Å². The van der Waals surface area contributed by atoms with Gasteiger partial charge in [0.05, 0.1) is 12.7 Å². The standard InChI is InChI=1S/C18H21NO3/c1-13(2)22-17-9-7-15(8-10-17)18(20)19-16-6-4-5-14(11-16)12-21-3/h4-11,13H,12H2,1-3H3,(H,19,20). The van der Waals surface area contributed by atoms with Crippen LogP contribution in [0.3, 0.4) is 0 Å². The summed E-state index contributed by atoms with van der Waals surface area (Å²) in [5.41, 5.74) is 2.36. The molecule has 0 spiro atoms. The molecule has 0 radical (unpaired) electrons. The molecule has 0 fully saturated rings. The zero-order valence-electron chi connectivity index (χ0n) is 13.1. The molecule has 4 nitrogen and oxygen atoms in total. The van der Waals surface area contributed by atoms with Crippen molar-refractivity contribution in [3.8, 4) is 5.75 Å². The lowest BCUT2D eigenvalue weighted by molar-refractivity contribution is 0.102.